The van der Waals surface area contributed by atoms with Crippen molar-refractivity contribution in [1.29, 1.82) is 0 Å². The quantitative estimate of drug-likeness (QED) is 0.169. The second-order valence-electron chi connectivity index (χ2n) is 9.07. The fraction of sp³-hybridized carbons (Fsp3) is 0.100. The smallest absolute Gasteiger partial charge is 0.230 e. The standard InChI is InChI=1S/C30H26ClN5O5S/c1-40-24-16-22(17-25(18-24)41-2)33-29-30(35-27-12-4-3-11-26(27)34-29)36(42(38)39)23-10-6-9-21(15-23)32-28(37)14-19-7-5-8-20(31)13-19/h3-13,15-18,42H,14H2,1-2H3,(H,32,37)(H,33,34). The molecule has 0 unspecified atom stereocenters. The van der Waals surface area contributed by atoms with Gasteiger partial charge in [-0.05, 0) is 48.0 Å². The van der Waals surface area contributed by atoms with Gasteiger partial charge in [0.15, 0.2) is 11.6 Å². The van der Waals surface area contributed by atoms with Crippen molar-refractivity contribution in [2.24, 2.45) is 0 Å². The molecule has 42 heavy (non-hydrogen) atoms. The number of ether oxygens (including phenoxy) is 2. The zero-order valence-electron chi connectivity index (χ0n) is 22.6. The van der Waals surface area contributed by atoms with E-state index in [4.69, 9.17) is 26.1 Å². The number of aromatic nitrogens is 2. The lowest BCUT2D eigenvalue weighted by atomic mass is 10.1. The van der Waals surface area contributed by atoms with Crippen LogP contribution >= 0.6 is 11.6 Å². The summed E-state index contributed by atoms with van der Waals surface area (Å²) >= 11 is 6.04. The van der Waals surface area contributed by atoms with Gasteiger partial charge in [-0.15, -0.1) is 0 Å². The van der Waals surface area contributed by atoms with Crippen molar-refractivity contribution >= 4 is 68.1 Å². The van der Waals surface area contributed by atoms with Crippen molar-refractivity contribution in [3.05, 3.63) is 102 Å². The van der Waals surface area contributed by atoms with Gasteiger partial charge < -0.3 is 20.1 Å². The second-order valence-corrected chi connectivity index (χ2v) is 10.4. The SMILES string of the molecule is COc1cc(Nc2nc3ccccc3nc2N(c2cccc(NC(=O)Cc3cccc(Cl)c3)c2)[SH](=O)=O)cc(OC)c1. The number of thiol groups is 1. The van der Waals surface area contributed by atoms with Gasteiger partial charge in [0.05, 0.1) is 37.4 Å². The first kappa shape index (κ1) is 28.7. The third kappa shape index (κ3) is 6.70. The predicted molar refractivity (Wildman–Crippen MR) is 165 cm³/mol. The Balaban J connectivity index is 1.53. The van der Waals surface area contributed by atoms with Crippen LogP contribution in [0, 0.1) is 0 Å². The van der Waals surface area contributed by atoms with Gasteiger partial charge in [-0.25, -0.2) is 22.7 Å². The van der Waals surface area contributed by atoms with Crippen LogP contribution in [0.25, 0.3) is 11.0 Å². The van der Waals surface area contributed by atoms with Crippen LogP contribution in [-0.4, -0.2) is 38.5 Å². The van der Waals surface area contributed by atoms with Crippen molar-refractivity contribution in [3.8, 4) is 11.5 Å². The summed E-state index contributed by atoms with van der Waals surface area (Å²) in [6, 6.07) is 25.8. The molecule has 0 saturated heterocycles. The van der Waals surface area contributed by atoms with Gasteiger partial charge in [-0.2, -0.15) is 0 Å². The summed E-state index contributed by atoms with van der Waals surface area (Å²) in [7, 11) is -0.179. The first-order valence-corrected chi connectivity index (χ1v) is 14.2. The molecule has 0 radical (unpaired) electrons. The molecule has 4 aromatic carbocycles. The lowest BCUT2D eigenvalue weighted by Gasteiger charge is -2.21. The first-order chi connectivity index (χ1) is 20.3. The summed E-state index contributed by atoms with van der Waals surface area (Å²) in [5, 5.41) is 6.53. The Morgan fingerprint density at radius 1 is 0.833 bits per heavy atom. The van der Waals surface area contributed by atoms with E-state index >= 15 is 0 Å². The average molecular weight is 604 g/mol. The molecule has 0 aliphatic carbocycles. The van der Waals surface area contributed by atoms with Gasteiger partial charge in [0, 0.05) is 34.6 Å². The first-order valence-electron chi connectivity index (χ1n) is 12.7. The van der Waals surface area contributed by atoms with E-state index in [0.29, 0.717) is 38.9 Å². The number of halogens is 1. The molecule has 0 saturated carbocycles. The van der Waals surface area contributed by atoms with Gasteiger partial charge in [0.2, 0.25) is 16.8 Å². The highest BCUT2D eigenvalue weighted by Crippen LogP contribution is 2.35. The Labute approximate surface area is 249 Å². The molecule has 2 N–H and O–H groups in total. The maximum atomic E-state index is 12.8. The lowest BCUT2D eigenvalue weighted by Crippen LogP contribution is -2.19. The number of carbonyl (C=O) groups excluding carboxylic acids is 1. The summed E-state index contributed by atoms with van der Waals surface area (Å²) in [6.45, 7) is 0. The van der Waals surface area contributed by atoms with Crippen molar-refractivity contribution in [3.63, 3.8) is 0 Å². The van der Waals surface area contributed by atoms with E-state index in [9.17, 15) is 13.2 Å². The number of fused-ring (bicyclic) bond motifs is 1. The zero-order chi connectivity index (χ0) is 29.6. The normalized spacial score (nSPS) is 10.9. The fourth-order valence-electron chi connectivity index (χ4n) is 4.29. The summed E-state index contributed by atoms with van der Waals surface area (Å²) in [4.78, 5) is 22.1. The summed E-state index contributed by atoms with van der Waals surface area (Å²) < 4.78 is 37.3. The van der Waals surface area contributed by atoms with Crippen molar-refractivity contribution in [2.45, 2.75) is 6.42 Å². The van der Waals surface area contributed by atoms with Crippen molar-refractivity contribution in [1.82, 2.24) is 9.97 Å². The molecule has 0 aliphatic heterocycles. The molecular formula is C30H26ClN5O5S. The molecule has 214 valence electrons. The van der Waals surface area contributed by atoms with E-state index in [-0.39, 0.29) is 29.7 Å². The second kappa shape index (κ2) is 12.8. The highest BCUT2D eigenvalue weighted by Gasteiger charge is 2.21. The van der Waals surface area contributed by atoms with Crippen LogP contribution in [0.3, 0.4) is 0 Å². The third-order valence-electron chi connectivity index (χ3n) is 6.16. The molecule has 0 atom stereocenters. The maximum absolute atomic E-state index is 12.8. The Bertz CT molecular complexity index is 1820. The molecule has 5 rings (SSSR count). The number of amides is 1. The van der Waals surface area contributed by atoms with E-state index in [2.05, 4.69) is 15.6 Å². The number of benzene rings is 4. The fourth-order valence-corrected chi connectivity index (χ4v) is 5.11. The Morgan fingerprint density at radius 3 is 2.19 bits per heavy atom. The monoisotopic (exact) mass is 603 g/mol. The van der Waals surface area contributed by atoms with Gasteiger partial charge in [0.25, 0.3) is 0 Å². The van der Waals surface area contributed by atoms with Crippen molar-refractivity contribution < 1.29 is 22.7 Å². The molecule has 1 heterocycles. The van der Waals surface area contributed by atoms with Gasteiger partial charge in [-0.1, -0.05) is 41.9 Å². The number of rotatable bonds is 10. The molecule has 12 heteroatoms. The molecule has 5 aromatic rings. The predicted octanol–water partition coefficient (Wildman–Crippen LogP) is 5.89. The van der Waals surface area contributed by atoms with Crippen LogP contribution in [0.2, 0.25) is 5.02 Å². The van der Waals surface area contributed by atoms with E-state index in [1.165, 1.54) is 14.2 Å². The number of carbonyl (C=O) groups is 1. The van der Waals surface area contributed by atoms with E-state index in [1.54, 1.807) is 84.9 Å². The molecule has 0 bridgehead atoms. The van der Waals surface area contributed by atoms with E-state index < -0.39 is 10.9 Å². The number of para-hydroxylation sites is 2. The number of nitrogens with one attached hydrogen (secondary N) is 2. The van der Waals surface area contributed by atoms with E-state index in [0.717, 1.165) is 9.87 Å². The Hall–Kier alpha value is -4.87. The molecule has 1 aromatic heterocycles. The molecule has 0 fully saturated rings. The number of hydrogen-bond donors (Lipinski definition) is 3. The van der Waals surface area contributed by atoms with Crippen LogP contribution in [-0.2, 0) is 22.1 Å². The molecule has 10 nitrogen and oxygen atoms in total. The number of anilines is 5. The van der Waals surface area contributed by atoms with Crippen LogP contribution in [0.1, 0.15) is 5.56 Å². The lowest BCUT2D eigenvalue weighted by molar-refractivity contribution is -0.115. The highest BCUT2D eigenvalue weighted by atomic mass is 35.5. The molecule has 0 spiro atoms. The minimum absolute atomic E-state index is 0.0361. The van der Waals surface area contributed by atoms with Gasteiger partial charge in [0.1, 0.15) is 11.5 Å². The van der Waals surface area contributed by atoms with Crippen LogP contribution in [0.4, 0.5) is 28.7 Å². The van der Waals surface area contributed by atoms with E-state index in [1.807, 2.05) is 6.07 Å². The van der Waals surface area contributed by atoms with Crippen molar-refractivity contribution in [2.75, 3.05) is 29.2 Å². The largest absolute Gasteiger partial charge is 0.497 e. The number of methoxy groups -OCH3 is 2. The van der Waals surface area contributed by atoms with Gasteiger partial charge in [-0.3, -0.25) is 4.79 Å². The minimum atomic E-state index is -3.24. The molecular weight excluding hydrogens is 578 g/mol. The topological polar surface area (TPSA) is 123 Å². The zero-order valence-corrected chi connectivity index (χ0v) is 24.2. The highest BCUT2D eigenvalue weighted by molar-refractivity contribution is 7.74. The van der Waals surface area contributed by atoms with Crippen LogP contribution < -0.4 is 24.4 Å². The minimum Gasteiger partial charge on any atom is -0.497 e. The van der Waals surface area contributed by atoms with Crippen LogP contribution in [0.15, 0.2) is 91.0 Å². The molecule has 1 amide bonds. The summed E-state index contributed by atoms with van der Waals surface area (Å²) in [5.74, 6) is 0.986. The summed E-state index contributed by atoms with van der Waals surface area (Å²) in [6.07, 6.45) is 0.0958. The van der Waals surface area contributed by atoms with Gasteiger partial charge >= 0.3 is 0 Å². The number of hydrogen-bond acceptors (Lipinski definition) is 8. The Morgan fingerprint density at radius 2 is 1.52 bits per heavy atom. The third-order valence-corrected chi connectivity index (χ3v) is 7.14. The Kier molecular flexibility index (Phi) is 8.70. The van der Waals surface area contributed by atoms with Crippen LogP contribution in [0.5, 0.6) is 11.5 Å². The molecule has 0 aliphatic rings. The summed E-state index contributed by atoms with van der Waals surface area (Å²) in [5.41, 5.74) is 3.00. The number of nitrogens with zero attached hydrogens (tertiary/aromatic N) is 3. The average Bonchev–Trinajstić information content (AvgIpc) is 2.97. The maximum Gasteiger partial charge on any atom is 0.230 e.